The highest BCUT2D eigenvalue weighted by Crippen LogP contribution is 2.30. The lowest BCUT2D eigenvalue weighted by Crippen LogP contribution is -2.39. The van der Waals surface area contributed by atoms with E-state index in [9.17, 15) is 13.9 Å². The fourth-order valence-electron chi connectivity index (χ4n) is 4.97. The molecule has 1 aromatic heterocycles. The number of rotatable bonds is 9. The topological polar surface area (TPSA) is 80.4 Å². The van der Waals surface area contributed by atoms with Crippen molar-refractivity contribution in [1.29, 1.82) is 0 Å². The third kappa shape index (κ3) is 6.23. The molecule has 35 heavy (non-hydrogen) atoms. The quantitative estimate of drug-likeness (QED) is 0.411. The first-order valence-electron chi connectivity index (χ1n) is 12.2. The molecule has 3 aromatic rings. The predicted molar refractivity (Wildman–Crippen MR) is 135 cm³/mol. The smallest absolute Gasteiger partial charge is 0.213 e. The van der Waals surface area contributed by atoms with Crippen LogP contribution in [0.3, 0.4) is 0 Å². The summed E-state index contributed by atoms with van der Waals surface area (Å²) >= 11 is 0. The molecule has 1 atom stereocenters. The molecule has 4 rings (SSSR count). The Labute approximate surface area is 205 Å². The Morgan fingerprint density at radius 1 is 1.11 bits per heavy atom. The van der Waals surface area contributed by atoms with Gasteiger partial charge in [0, 0.05) is 35.6 Å². The maximum Gasteiger partial charge on any atom is 0.213 e. The maximum atomic E-state index is 13.7. The average molecular weight is 482 g/mol. The number of methoxy groups -OCH3 is 1. The van der Waals surface area contributed by atoms with Crippen LogP contribution in [-0.4, -0.2) is 35.8 Å². The summed E-state index contributed by atoms with van der Waals surface area (Å²) in [6, 6.07) is 11.6. The molecule has 0 radical (unpaired) electrons. The maximum absolute atomic E-state index is 13.7. The number of nitrogens with zero attached hydrogens (tertiary/aromatic N) is 1. The standard InChI is InChI=1S/C28H33F2N3O2/c1-35-27-13-11-24-21(17-34)5-4-20(28(24)33-27)16-26(31)18-6-9-23(10-7-18)32-14-2-3-19-15-22(29)8-12-25(19)30/h2-5,8,11-13,15,18,23,26,32,34H,6-7,9-10,14,16-17,31H2,1H3/b3-2+. The molecule has 1 fully saturated rings. The molecule has 7 heteroatoms. The second-order valence-corrected chi connectivity index (χ2v) is 9.25. The third-order valence-electron chi connectivity index (χ3n) is 7.00. The molecule has 1 unspecified atom stereocenters. The molecule has 0 saturated heterocycles. The van der Waals surface area contributed by atoms with E-state index in [2.05, 4.69) is 10.3 Å². The summed E-state index contributed by atoms with van der Waals surface area (Å²) in [5, 5.41) is 14.1. The van der Waals surface area contributed by atoms with Crippen molar-refractivity contribution >= 4 is 17.0 Å². The number of benzene rings is 2. The highest BCUT2D eigenvalue weighted by atomic mass is 19.1. The van der Waals surface area contributed by atoms with Gasteiger partial charge in [-0.3, -0.25) is 0 Å². The molecular formula is C28H33F2N3O2. The van der Waals surface area contributed by atoms with Crippen LogP contribution in [0, 0.1) is 17.6 Å². The number of pyridine rings is 1. The van der Waals surface area contributed by atoms with Crippen LogP contribution < -0.4 is 15.8 Å². The second-order valence-electron chi connectivity index (χ2n) is 9.25. The molecule has 1 heterocycles. The Morgan fingerprint density at radius 2 is 1.89 bits per heavy atom. The number of ether oxygens (including phenoxy) is 1. The Hall–Kier alpha value is -2.87. The number of hydrogen-bond donors (Lipinski definition) is 3. The van der Waals surface area contributed by atoms with Crippen LogP contribution in [0.1, 0.15) is 42.4 Å². The SMILES string of the molecule is COc1ccc2c(CO)ccc(CC(N)C3CCC(NC/C=C/c4cc(F)ccc4F)CC3)c2n1. The molecule has 0 bridgehead atoms. The number of aliphatic hydroxyl groups is 1. The fourth-order valence-corrected chi connectivity index (χ4v) is 4.97. The Bertz CT molecular complexity index is 1180. The Morgan fingerprint density at radius 3 is 2.63 bits per heavy atom. The van der Waals surface area contributed by atoms with Crippen molar-refractivity contribution in [3.8, 4) is 5.88 Å². The lowest BCUT2D eigenvalue weighted by Gasteiger charge is -2.32. The number of nitrogens with two attached hydrogens (primary N) is 1. The molecule has 1 aliphatic carbocycles. The molecule has 0 spiro atoms. The first kappa shape index (κ1) is 25.2. The van der Waals surface area contributed by atoms with Gasteiger partial charge in [0.2, 0.25) is 5.88 Å². The lowest BCUT2D eigenvalue weighted by molar-refractivity contribution is 0.261. The van der Waals surface area contributed by atoms with Crippen LogP contribution in [0.15, 0.2) is 48.5 Å². The molecule has 0 amide bonds. The number of aliphatic hydroxyl groups excluding tert-OH is 1. The number of aromatic nitrogens is 1. The van der Waals surface area contributed by atoms with Crippen molar-refractivity contribution in [2.45, 2.75) is 50.8 Å². The monoisotopic (exact) mass is 481 g/mol. The normalized spacial score (nSPS) is 19.3. The van der Waals surface area contributed by atoms with Gasteiger partial charge in [0.25, 0.3) is 0 Å². The Balaban J connectivity index is 1.31. The summed E-state index contributed by atoms with van der Waals surface area (Å²) in [4.78, 5) is 4.64. The number of hydrogen-bond acceptors (Lipinski definition) is 5. The molecule has 1 aliphatic rings. The zero-order valence-corrected chi connectivity index (χ0v) is 20.0. The minimum atomic E-state index is -0.444. The highest BCUT2D eigenvalue weighted by Gasteiger charge is 2.26. The van der Waals surface area contributed by atoms with E-state index in [0.717, 1.165) is 59.8 Å². The van der Waals surface area contributed by atoms with Crippen LogP contribution in [0.2, 0.25) is 0 Å². The summed E-state index contributed by atoms with van der Waals surface area (Å²) in [7, 11) is 1.59. The number of nitrogens with one attached hydrogen (secondary N) is 1. The van der Waals surface area contributed by atoms with E-state index >= 15 is 0 Å². The van der Waals surface area contributed by atoms with Gasteiger partial charge in [0.05, 0.1) is 19.2 Å². The minimum Gasteiger partial charge on any atom is -0.481 e. The van der Waals surface area contributed by atoms with Gasteiger partial charge in [-0.2, -0.15) is 0 Å². The van der Waals surface area contributed by atoms with E-state index in [1.807, 2.05) is 30.3 Å². The zero-order valence-electron chi connectivity index (χ0n) is 20.0. The van der Waals surface area contributed by atoms with Crippen LogP contribution in [-0.2, 0) is 13.0 Å². The summed E-state index contributed by atoms with van der Waals surface area (Å²) in [5.74, 6) is 0.0943. The van der Waals surface area contributed by atoms with E-state index in [4.69, 9.17) is 10.5 Å². The molecule has 5 nitrogen and oxygen atoms in total. The third-order valence-corrected chi connectivity index (χ3v) is 7.00. The van der Waals surface area contributed by atoms with E-state index in [-0.39, 0.29) is 18.2 Å². The van der Waals surface area contributed by atoms with Crippen molar-refractivity contribution in [3.05, 3.63) is 76.9 Å². The van der Waals surface area contributed by atoms with Gasteiger partial charge in [0.15, 0.2) is 0 Å². The van der Waals surface area contributed by atoms with Crippen LogP contribution in [0.5, 0.6) is 5.88 Å². The van der Waals surface area contributed by atoms with E-state index in [1.54, 1.807) is 13.2 Å². The van der Waals surface area contributed by atoms with Gasteiger partial charge >= 0.3 is 0 Å². The van der Waals surface area contributed by atoms with Crippen LogP contribution in [0.4, 0.5) is 8.78 Å². The van der Waals surface area contributed by atoms with Gasteiger partial charge in [-0.25, -0.2) is 13.8 Å². The molecule has 0 aliphatic heterocycles. The van der Waals surface area contributed by atoms with Crippen molar-refractivity contribution in [3.63, 3.8) is 0 Å². The first-order valence-corrected chi connectivity index (χ1v) is 12.2. The summed E-state index contributed by atoms with van der Waals surface area (Å²) in [6.45, 7) is 0.564. The molecule has 186 valence electrons. The number of fused-ring (bicyclic) bond motifs is 1. The van der Waals surface area contributed by atoms with Gasteiger partial charge in [-0.05, 0) is 73.4 Å². The van der Waals surface area contributed by atoms with Crippen molar-refractivity contribution in [2.24, 2.45) is 11.7 Å². The van der Waals surface area contributed by atoms with Crippen molar-refractivity contribution in [1.82, 2.24) is 10.3 Å². The van der Waals surface area contributed by atoms with E-state index < -0.39 is 11.6 Å². The lowest BCUT2D eigenvalue weighted by atomic mass is 9.79. The first-order chi connectivity index (χ1) is 17.0. The van der Waals surface area contributed by atoms with Gasteiger partial charge in [-0.15, -0.1) is 0 Å². The van der Waals surface area contributed by atoms with Gasteiger partial charge in [-0.1, -0.05) is 24.3 Å². The Kier molecular flexibility index (Phi) is 8.44. The summed E-state index contributed by atoms with van der Waals surface area (Å²) in [6.07, 6.45) is 8.27. The largest absolute Gasteiger partial charge is 0.481 e. The van der Waals surface area contributed by atoms with Crippen molar-refractivity contribution < 1.29 is 18.6 Å². The van der Waals surface area contributed by atoms with E-state index in [1.165, 1.54) is 6.07 Å². The predicted octanol–water partition coefficient (Wildman–Crippen LogP) is 4.75. The fraction of sp³-hybridized carbons (Fsp3) is 0.393. The molecule has 1 saturated carbocycles. The minimum absolute atomic E-state index is 0.0166. The van der Waals surface area contributed by atoms with Crippen LogP contribution >= 0.6 is 0 Å². The molecule has 4 N–H and O–H groups in total. The summed E-state index contributed by atoms with van der Waals surface area (Å²) in [5.41, 5.74) is 9.67. The van der Waals surface area contributed by atoms with Gasteiger partial charge in [0.1, 0.15) is 11.6 Å². The second kappa shape index (κ2) is 11.7. The van der Waals surface area contributed by atoms with E-state index in [0.29, 0.717) is 30.8 Å². The summed E-state index contributed by atoms with van der Waals surface area (Å²) < 4.78 is 32.3. The molecule has 2 aromatic carbocycles. The molecular weight excluding hydrogens is 448 g/mol. The highest BCUT2D eigenvalue weighted by molar-refractivity contribution is 5.85. The van der Waals surface area contributed by atoms with Gasteiger partial charge < -0.3 is 20.9 Å². The zero-order chi connectivity index (χ0) is 24.8. The average Bonchev–Trinajstić information content (AvgIpc) is 2.88. The van der Waals surface area contributed by atoms with Crippen LogP contribution in [0.25, 0.3) is 17.0 Å². The van der Waals surface area contributed by atoms with Crippen molar-refractivity contribution in [2.75, 3.05) is 13.7 Å². The number of halogens is 2.